The van der Waals surface area contributed by atoms with Crippen molar-refractivity contribution in [2.75, 3.05) is 0 Å². The molecule has 0 fully saturated rings. The topological polar surface area (TPSA) is 37.8 Å². The fourth-order valence-electron chi connectivity index (χ4n) is 1.59. The van der Waals surface area contributed by atoms with Gasteiger partial charge in [0.05, 0.1) is 4.90 Å². The van der Waals surface area contributed by atoms with E-state index >= 15 is 0 Å². The fourth-order valence-corrected chi connectivity index (χ4v) is 3.35. The molecule has 7 heteroatoms. The minimum atomic E-state index is -0.571. The van der Waals surface area contributed by atoms with Crippen molar-refractivity contribution >= 4 is 23.1 Å². The Balaban J connectivity index is 2.17. The third-order valence-electron chi connectivity index (χ3n) is 2.58. The van der Waals surface area contributed by atoms with Crippen LogP contribution in [-0.4, -0.2) is 15.7 Å². The zero-order valence-corrected chi connectivity index (χ0v) is 14.0. The number of hydrogen-bond acceptors (Lipinski definition) is 5. The minimum absolute atomic E-state index is 0.0364. The van der Waals surface area contributed by atoms with Gasteiger partial charge in [0, 0.05) is 12.1 Å². The number of rotatable bonds is 4. The van der Waals surface area contributed by atoms with Crippen molar-refractivity contribution in [3.63, 3.8) is 0 Å². The van der Waals surface area contributed by atoms with E-state index in [0.29, 0.717) is 16.4 Å². The van der Waals surface area contributed by atoms with Crippen molar-refractivity contribution in [2.24, 2.45) is 0 Å². The Morgan fingerprint density at radius 1 is 1.19 bits per heavy atom. The molecule has 3 nitrogen and oxygen atoms in total. The van der Waals surface area contributed by atoms with E-state index < -0.39 is 11.6 Å². The molecule has 0 atom stereocenters. The summed E-state index contributed by atoms with van der Waals surface area (Å²) < 4.78 is 28.7. The van der Waals surface area contributed by atoms with Gasteiger partial charge in [0.1, 0.15) is 16.6 Å². The summed E-state index contributed by atoms with van der Waals surface area (Å²) in [6, 6.07) is 2.72. The molecule has 0 radical (unpaired) electrons. The van der Waals surface area contributed by atoms with Crippen molar-refractivity contribution in [3.8, 4) is 0 Å². The Labute approximate surface area is 131 Å². The van der Waals surface area contributed by atoms with Crippen molar-refractivity contribution in [1.29, 1.82) is 0 Å². The van der Waals surface area contributed by atoms with E-state index in [1.165, 1.54) is 23.5 Å². The number of halogens is 2. The zero-order chi connectivity index (χ0) is 15.6. The van der Waals surface area contributed by atoms with Crippen LogP contribution in [-0.2, 0) is 6.54 Å². The molecular formula is C14H17F2N3S2. The number of hydrogen-bond donors (Lipinski definition) is 1. The first-order valence-corrected chi connectivity index (χ1v) is 8.09. The lowest BCUT2D eigenvalue weighted by atomic mass is 10.1. The van der Waals surface area contributed by atoms with Crippen molar-refractivity contribution in [3.05, 3.63) is 34.3 Å². The number of nitrogens with zero attached hydrogens (tertiary/aromatic N) is 2. The molecule has 0 spiro atoms. The lowest BCUT2D eigenvalue weighted by Crippen LogP contribution is -2.35. The van der Waals surface area contributed by atoms with Crippen LogP contribution in [0.25, 0.3) is 0 Å². The van der Waals surface area contributed by atoms with Gasteiger partial charge in [0.2, 0.25) is 0 Å². The first-order valence-electron chi connectivity index (χ1n) is 6.45. The van der Waals surface area contributed by atoms with Crippen LogP contribution in [0.15, 0.2) is 21.4 Å². The summed E-state index contributed by atoms with van der Waals surface area (Å²) in [5.74, 6) is -1.14. The van der Waals surface area contributed by atoms with Gasteiger partial charge in [-0.1, -0.05) is 23.1 Å². The van der Waals surface area contributed by atoms with E-state index in [9.17, 15) is 8.78 Å². The molecule has 1 heterocycles. The Hall–Kier alpha value is -1.05. The van der Waals surface area contributed by atoms with Gasteiger partial charge in [-0.3, -0.25) is 0 Å². The summed E-state index contributed by atoms with van der Waals surface area (Å²) in [5.41, 5.74) is 0.475. The van der Waals surface area contributed by atoms with E-state index in [2.05, 4.69) is 15.5 Å². The molecule has 0 bridgehead atoms. The lowest BCUT2D eigenvalue weighted by molar-refractivity contribution is 0.422. The van der Waals surface area contributed by atoms with Gasteiger partial charge in [-0.15, -0.1) is 10.2 Å². The van der Waals surface area contributed by atoms with Crippen LogP contribution in [0.1, 0.15) is 31.3 Å². The Kier molecular flexibility index (Phi) is 4.95. The summed E-state index contributed by atoms with van der Waals surface area (Å²) in [4.78, 5) is -0.0364. The molecule has 0 saturated carbocycles. The molecule has 2 rings (SSSR count). The average Bonchev–Trinajstić information content (AvgIpc) is 2.76. The maximum absolute atomic E-state index is 14.1. The van der Waals surface area contributed by atoms with E-state index in [0.717, 1.165) is 16.8 Å². The fraction of sp³-hybridized carbons (Fsp3) is 0.429. The highest BCUT2D eigenvalue weighted by atomic mass is 32.2. The van der Waals surface area contributed by atoms with Gasteiger partial charge in [-0.05, 0) is 45.4 Å². The molecule has 0 saturated heterocycles. The monoisotopic (exact) mass is 329 g/mol. The van der Waals surface area contributed by atoms with Crippen LogP contribution in [0.5, 0.6) is 0 Å². The van der Waals surface area contributed by atoms with Crippen molar-refractivity contribution in [2.45, 2.75) is 49.0 Å². The molecule has 0 amide bonds. The summed E-state index contributed by atoms with van der Waals surface area (Å²) in [5, 5.41) is 11.7. The molecule has 0 aliphatic heterocycles. The molecule has 0 aliphatic carbocycles. The quantitative estimate of drug-likeness (QED) is 0.914. The Morgan fingerprint density at radius 3 is 2.29 bits per heavy atom. The number of aryl methyl sites for hydroxylation is 1. The third kappa shape index (κ3) is 4.72. The van der Waals surface area contributed by atoms with Crippen LogP contribution in [0, 0.1) is 18.6 Å². The molecule has 21 heavy (non-hydrogen) atoms. The highest BCUT2D eigenvalue weighted by Crippen LogP contribution is 2.34. The predicted octanol–water partition coefficient (Wildman–Crippen LogP) is 4.16. The minimum Gasteiger partial charge on any atom is -0.308 e. The second-order valence-electron chi connectivity index (χ2n) is 5.68. The molecule has 0 unspecified atom stereocenters. The third-order valence-corrected chi connectivity index (χ3v) is 4.56. The molecular weight excluding hydrogens is 312 g/mol. The molecule has 1 N–H and O–H groups in total. The van der Waals surface area contributed by atoms with E-state index in [1.54, 1.807) is 6.92 Å². The van der Waals surface area contributed by atoms with E-state index in [-0.39, 0.29) is 10.4 Å². The molecule has 0 aliphatic rings. The first kappa shape index (κ1) is 16.3. The Morgan fingerprint density at radius 2 is 1.81 bits per heavy atom. The maximum atomic E-state index is 14.1. The lowest BCUT2D eigenvalue weighted by Gasteiger charge is -2.20. The average molecular weight is 329 g/mol. The summed E-state index contributed by atoms with van der Waals surface area (Å²) in [6.45, 7) is 8.22. The largest absolute Gasteiger partial charge is 0.308 e. The number of aromatic nitrogens is 2. The maximum Gasteiger partial charge on any atom is 0.179 e. The van der Waals surface area contributed by atoms with Crippen LogP contribution < -0.4 is 5.32 Å². The smallest absolute Gasteiger partial charge is 0.179 e. The summed E-state index contributed by atoms with van der Waals surface area (Å²) in [7, 11) is 0. The van der Waals surface area contributed by atoms with Gasteiger partial charge in [0.15, 0.2) is 4.34 Å². The molecule has 1 aromatic carbocycles. The highest BCUT2D eigenvalue weighted by Gasteiger charge is 2.16. The van der Waals surface area contributed by atoms with Crippen molar-refractivity contribution in [1.82, 2.24) is 15.5 Å². The first-order chi connectivity index (χ1) is 9.74. The van der Waals surface area contributed by atoms with Crippen LogP contribution in [0.3, 0.4) is 0 Å². The van der Waals surface area contributed by atoms with Crippen LogP contribution in [0.2, 0.25) is 0 Å². The predicted molar refractivity (Wildman–Crippen MR) is 81.7 cm³/mol. The van der Waals surface area contributed by atoms with Crippen LogP contribution in [0.4, 0.5) is 8.78 Å². The highest BCUT2D eigenvalue weighted by molar-refractivity contribution is 8.01. The molecule has 2 aromatic rings. The van der Waals surface area contributed by atoms with E-state index in [1.807, 2.05) is 20.8 Å². The van der Waals surface area contributed by atoms with Gasteiger partial charge in [-0.2, -0.15) is 0 Å². The SMILES string of the molecule is Cc1nnc(Sc2c(F)cc(CNC(C)(C)C)cc2F)s1. The molecule has 114 valence electrons. The normalized spacial score (nSPS) is 11.9. The number of benzene rings is 1. The van der Waals surface area contributed by atoms with Crippen molar-refractivity contribution < 1.29 is 8.78 Å². The second-order valence-corrected chi connectivity index (χ2v) is 8.12. The van der Waals surface area contributed by atoms with Gasteiger partial charge in [-0.25, -0.2) is 8.78 Å². The van der Waals surface area contributed by atoms with Crippen LogP contribution >= 0.6 is 23.1 Å². The standard InChI is InChI=1S/C14H17F2N3S2/c1-8-18-19-13(20-8)21-12-10(15)5-9(6-11(12)16)7-17-14(2,3)4/h5-6,17H,7H2,1-4H3. The molecule has 1 aromatic heterocycles. The zero-order valence-electron chi connectivity index (χ0n) is 12.3. The summed E-state index contributed by atoms with van der Waals surface area (Å²) >= 11 is 2.28. The second kappa shape index (κ2) is 6.37. The van der Waals surface area contributed by atoms with Gasteiger partial charge < -0.3 is 5.32 Å². The summed E-state index contributed by atoms with van der Waals surface area (Å²) in [6.07, 6.45) is 0. The van der Waals surface area contributed by atoms with Gasteiger partial charge >= 0.3 is 0 Å². The Bertz CT molecular complexity index is 612. The number of nitrogens with one attached hydrogen (secondary N) is 1. The van der Waals surface area contributed by atoms with E-state index in [4.69, 9.17) is 0 Å². The van der Waals surface area contributed by atoms with Gasteiger partial charge in [0.25, 0.3) is 0 Å².